The molecular formula is C15H17Cl2N2O2+. The molecule has 1 aromatic carbocycles. The van der Waals surface area contributed by atoms with Gasteiger partial charge in [-0.2, -0.15) is 0 Å². The lowest BCUT2D eigenvalue weighted by Crippen LogP contribution is -3.08. The molecule has 1 atom stereocenters. The summed E-state index contributed by atoms with van der Waals surface area (Å²) in [5.74, 6) is 1.63. The average molecular weight is 328 g/mol. The Kier molecular flexibility index (Phi) is 5.28. The van der Waals surface area contributed by atoms with Gasteiger partial charge in [0, 0.05) is 15.7 Å². The van der Waals surface area contributed by atoms with Gasteiger partial charge in [0.2, 0.25) is 0 Å². The summed E-state index contributed by atoms with van der Waals surface area (Å²) in [5, 5.41) is 3.77. The summed E-state index contributed by atoms with van der Waals surface area (Å²) in [5.41, 5.74) is 0.596. The number of furan rings is 1. The van der Waals surface area contributed by atoms with Gasteiger partial charge in [0.1, 0.15) is 12.3 Å². The number of nitrogens with one attached hydrogen (secondary N) is 2. The number of quaternary nitrogens is 1. The van der Waals surface area contributed by atoms with E-state index < -0.39 is 0 Å². The Morgan fingerprint density at radius 2 is 1.90 bits per heavy atom. The van der Waals surface area contributed by atoms with E-state index in [1.54, 1.807) is 18.2 Å². The van der Waals surface area contributed by atoms with E-state index in [1.165, 1.54) is 0 Å². The topological polar surface area (TPSA) is 46.7 Å². The number of carbonyl (C=O) groups excluding carboxylic acids is 1. The van der Waals surface area contributed by atoms with Crippen LogP contribution in [0.15, 0.2) is 34.7 Å². The van der Waals surface area contributed by atoms with Crippen LogP contribution in [0.4, 0.5) is 5.69 Å². The maximum Gasteiger partial charge on any atom is 0.279 e. The summed E-state index contributed by atoms with van der Waals surface area (Å²) in [4.78, 5) is 13.0. The molecule has 2 rings (SSSR count). The molecule has 0 aliphatic heterocycles. The van der Waals surface area contributed by atoms with E-state index in [-0.39, 0.29) is 5.91 Å². The van der Waals surface area contributed by atoms with E-state index in [0.29, 0.717) is 28.8 Å². The number of benzene rings is 1. The van der Waals surface area contributed by atoms with Crippen molar-refractivity contribution in [3.8, 4) is 0 Å². The molecule has 0 bridgehead atoms. The maximum absolute atomic E-state index is 12.0. The van der Waals surface area contributed by atoms with Crippen molar-refractivity contribution in [2.75, 3.05) is 18.9 Å². The molecule has 0 saturated heterocycles. The van der Waals surface area contributed by atoms with Gasteiger partial charge in [-0.3, -0.25) is 4.79 Å². The third-order valence-corrected chi connectivity index (χ3v) is 3.32. The third kappa shape index (κ3) is 5.08. The molecule has 2 aromatic rings. The smallest absolute Gasteiger partial charge is 0.279 e. The van der Waals surface area contributed by atoms with Crippen LogP contribution in [0, 0.1) is 6.92 Å². The van der Waals surface area contributed by atoms with Crippen molar-refractivity contribution in [2.24, 2.45) is 0 Å². The molecule has 0 spiro atoms. The molecule has 1 amide bonds. The second-order valence-corrected chi connectivity index (χ2v) is 5.90. The number of hydrogen-bond acceptors (Lipinski definition) is 2. The number of rotatable bonds is 5. The highest BCUT2D eigenvalue weighted by Gasteiger charge is 2.13. The van der Waals surface area contributed by atoms with Crippen LogP contribution in [-0.4, -0.2) is 19.5 Å². The molecule has 6 heteroatoms. The number of likely N-dealkylation sites (N-methyl/N-ethyl adjacent to an activating group) is 1. The normalized spacial score (nSPS) is 12.2. The quantitative estimate of drug-likeness (QED) is 0.886. The van der Waals surface area contributed by atoms with Gasteiger partial charge in [0.05, 0.1) is 7.05 Å². The van der Waals surface area contributed by atoms with Crippen molar-refractivity contribution in [1.82, 2.24) is 0 Å². The highest BCUT2D eigenvalue weighted by atomic mass is 35.5. The van der Waals surface area contributed by atoms with Crippen LogP contribution in [0.5, 0.6) is 0 Å². The predicted octanol–water partition coefficient (Wildman–Crippen LogP) is 2.55. The van der Waals surface area contributed by atoms with E-state index in [0.717, 1.165) is 16.4 Å². The Morgan fingerprint density at radius 1 is 1.24 bits per heavy atom. The molecule has 112 valence electrons. The van der Waals surface area contributed by atoms with Crippen LogP contribution >= 0.6 is 23.2 Å². The van der Waals surface area contributed by atoms with Crippen LogP contribution in [-0.2, 0) is 11.3 Å². The van der Waals surface area contributed by atoms with Gasteiger partial charge in [-0.25, -0.2) is 0 Å². The summed E-state index contributed by atoms with van der Waals surface area (Å²) in [6.45, 7) is 2.87. The second-order valence-electron chi connectivity index (χ2n) is 5.03. The Hall–Kier alpha value is -1.49. The molecule has 0 saturated carbocycles. The minimum absolute atomic E-state index is 0.103. The Labute approximate surface area is 133 Å². The first-order valence-corrected chi connectivity index (χ1v) is 7.30. The molecule has 0 radical (unpaired) electrons. The fraction of sp³-hybridized carbons (Fsp3) is 0.267. The number of aryl methyl sites for hydroxylation is 1. The van der Waals surface area contributed by atoms with E-state index >= 15 is 0 Å². The van der Waals surface area contributed by atoms with E-state index in [4.69, 9.17) is 27.6 Å². The Bertz CT molecular complexity index is 620. The largest absolute Gasteiger partial charge is 0.460 e. The molecule has 1 heterocycles. The number of hydrogen-bond donors (Lipinski definition) is 2. The Morgan fingerprint density at radius 3 is 2.48 bits per heavy atom. The van der Waals surface area contributed by atoms with E-state index in [2.05, 4.69) is 5.32 Å². The summed E-state index contributed by atoms with van der Waals surface area (Å²) in [6, 6.07) is 8.78. The molecular weight excluding hydrogens is 311 g/mol. The van der Waals surface area contributed by atoms with Crippen LogP contribution in [0.25, 0.3) is 0 Å². The van der Waals surface area contributed by atoms with Crippen molar-refractivity contribution < 1.29 is 14.1 Å². The summed E-state index contributed by atoms with van der Waals surface area (Å²) in [7, 11) is 1.93. The monoisotopic (exact) mass is 327 g/mol. The molecule has 1 aromatic heterocycles. The predicted molar refractivity (Wildman–Crippen MR) is 84.0 cm³/mol. The van der Waals surface area contributed by atoms with Crippen molar-refractivity contribution in [2.45, 2.75) is 13.5 Å². The molecule has 2 N–H and O–H groups in total. The van der Waals surface area contributed by atoms with Crippen LogP contribution in [0.1, 0.15) is 11.5 Å². The zero-order valence-electron chi connectivity index (χ0n) is 11.9. The van der Waals surface area contributed by atoms with Crippen molar-refractivity contribution in [1.29, 1.82) is 0 Å². The summed E-state index contributed by atoms with van der Waals surface area (Å²) < 4.78 is 5.50. The van der Waals surface area contributed by atoms with Gasteiger partial charge >= 0.3 is 0 Å². The van der Waals surface area contributed by atoms with Crippen LogP contribution in [0.3, 0.4) is 0 Å². The summed E-state index contributed by atoms with van der Waals surface area (Å²) >= 11 is 11.8. The SMILES string of the molecule is Cc1ccc(C[NH+](C)CC(=O)Nc2cc(Cl)cc(Cl)c2)o1. The number of amides is 1. The molecule has 1 unspecified atom stereocenters. The van der Waals surface area contributed by atoms with E-state index in [9.17, 15) is 4.79 Å². The zero-order valence-corrected chi connectivity index (χ0v) is 13.4. The number of halogens is 2. The average Bonchev–Trinajstić information content (AvgIpc) is 2.72. The minimum atomic E-state index is -0.103. The van der Waals surface area contributed by atoms with E-state index in [1.807, 2.05) is 26.1 Å². The van der Waals surface area contributed by atoms with Gasteiger partial charge in [-0.05, 0) is 37.3 Å². The van der Waals surface area contributed by atoms with Crippen LogP contribution < -0.4 is 10.2 Å². The zero-order chi connectivity index (χ0) is 15.4. The first-order chi connectivity index (χ1) is 9.92. The highest BCUT2D eigenvalue weighted by molar-refractivity contribution is 6.35. The highest BCUT2D eigenvalue weighted by Crippen LogP contribution is 2.22. The molecule has 0 fully saturated rings. The van der Waals surface area contributed by atoms with Crippen LogP contribution in [0.2, 0.25) is 10.0 Å². The van der Waals surface area contributed by atoms with Gasteiger partial charge in [0.25, 0.3) is 5.91 Å². The second kappa shape index (κ2) is 6.98. The van der Waals surface area contributed by atoms with Gasteiger partial charge in [-0.15, -0.1) is 0 Å². The first kappa shape index (κ1) is 15.9. The van der Waals surface area contributed by atoms with Gasteiger partial charge < -0.3 is 14.6 Å². The minimum Gasteiger partial charge on any atom is -0.460 e. The maximum atomic E-state index is 12.0. The fourth-order valence-corrected chi connectivity index (χ4v) is 2.57. The van der Waals surface area contributed by atoms with Gasteiger partial charge in [0.15, 0.2) is 12.3 Å². The number of carbonyl (C=O) groups is 1. The molecule has 0 aliphatic carbocycles. The molecule has 4 nitrogen and oxygen atoms in total. The van der Waals surface area contributed by atoms with Crippen molar-refractivity contribution in [3.05, 3.63) is 51.9 Å². The lowest BCUT2D eigenvalue weighted by Gasteiger charge is -2.12. The lowest BCUT2D eigenvalue weighted by atomic mass is 10.3. The first-order valence-electron chi connectivity index (χ1n) is 6.55. The fourth-order valence-electron chi connectivity index (χ4n) is 2.05. The molecule has 0 aliphatic rings. The Balaban J connectivity index is 1.88. The third-order valence-electron chi connectivity index (χ3n) is 2.88. The standard InChI is InChI=1S/C15H16Cl2N2O2/c1-10-3-4-14(21-10)8-19(2)9-15(20)18-13-6-11(16)5-12(17)7-13/h3-7H,8-9H2,1-2H3,(H,18,20)/p+1. The lowest BCUT2D eigenvalue weighted by molar-refractivity contribution is -0.886. The molecule has 21 heavy (non-hydrogen) atoms. The van der Waals surface area contributed by atoms with Gasteiger partial charge in [-0.1, -0.05) is 23.2 Å². The summed E-state index contributed by atoms with van der Waals surface area (Å²) in [6.07, 6.45) is 0. The van der Waals surface area contributed by atoms with Crippen molar-refractivity contribution in [3.63, 3.8) is 0 Å². The number of anilines is 1. The van der Waals surface area contributed by atoms with Crippen molar-refractivity contribution >= 4 is 34.8 Å².